The van der Waals surface area contributed by atoms with Crippen molar-refractivity contribution in [1.29, 1.82) is 0 Å². The number of aryl methyl sites for hydroxylation is 1. The number of nitrogens with one attached hydrogen (secondary N) is 1. The molecule has 0 spiro atoms. The Hall–Kier alpha value is -3.16. The van der Waals surface area contributed by atoms with Crippen LogP contribution in [-0.4, -0.2) is 47.4 Å². The summed E-state index contributed by atoms with van der Waals surface area (Å²) in [4.78, 5) is 37.0. The summed E-state index contributed by atoms with van der Waals surface area (Å²) < 4.78 is 10.4. The number of hydrogen-bond acceptors (Lipinski definition) is 6. The highest BCUT2D eigenvalue weighted by atomic mass is 16.5. The Bertz CT molecular complexity index is 815. The average molecular weight is 359 g/mol. The maximum absolute atomic E-state index is 12.4. The van der Waals surface area contributed by atoms with Crippen LogP contribution in [0.15, 0.2) is 34.9 Å². The zero-order valence-electron chi connectivity index (χ0n) is 15.1. The number of aromatic nitrogens is 1. The van der Waals surface area contributed by atoms with E-state index < -0.39 is 12.0 Å². The van der Waals surface area contributed by atoms with Crippen molar-refractivity contribution in [3.8, 4) is 5.75 Å². The van der Waals surface area contributed by atoms with E-state index in [1.165, 1.54) is 18.9 Å². The molecule has 8 heteroatoms. The predicted octanol–water partition coefficient (Wildman–Crippen LogP) is 2.05. The molecule has 0 radical (unpaired) electrons. The molecule has 2 rings (SSSR count). The van der Waals surface area contributed by atoms with Gasteiger partial charge in [0, 0.05) is 18.7 Å². The largest absolute Gasteiger partial charge is 0.481 e. The van der Waals surface area contributed by atoms with E-state index in [0.29, 0.717) is 22.9 Å². The number of Topliss-reactive ketones (excluding diaryl/α,β-unsaturated/α-hetero) is 1. The third-order valence-electron chi connectivity index (χ3n) is 3.55. The first-order valence-electron chi connectivity index (χ1n) is 8.02. The van der Waals surface area contributed by atoms with Crippen LogP contribution in [0.25, 0.3) is 0 Å². The fraction of sp³-hybridized carbons (Fsp3) is 0.333. The number of ether oxygens (including phenoxy) is 1. The highest BCUT2D eigenvalue weighted by Gasteiger charge is 2.21. The first-order valence-corrected chi connectivity index (χ1v) is 8.02. The van der Waals surface area contributed by atoms with Gasteiger partial charge in [-0.15, -0.1) is 0 Å². The number of carbonyl (C=O) groups excluding carboxylic acids is 3. The van der Waals surface area contributed by atoms with Crippen LogP contribution in [0.1, 0.15) is 30.0 Å². The van der Waals surface area contributed by atoms with Crippen LogP contribution in [0.2, 0.25) is 0 Å². The van der Waals surface area contributed by atoms with Gasteiger partial charge in [0.05, 0.1) is 6.54 Å². The maximum atomic E-state index is 12.4. The molecule has 138 valence electrons. The molecule has 2 amide bonds. The van der Waals surface area contributed by atoms with E-state index in [4.69, 9.17) is 9.26 Å². The van der Waals surface area contributed by atoms with E-state index in [1.54, 1.807) is 44.2 Å². The van der Waals surface area contributed by atoms with Crippen molar-refractivity contribution in [2.24, 2.45) is 0 Å². The summed E-state index contributed by atoms with van der Waals surface area (Å²) in [5.74, 6) is 0.406. The summed E-state index contributed by atoms with van der Waals surface area (Å²) in [6.07, 6.45) is -0.815. The molecule has 2 aromatic rings. The van der Waals surface area contributed by atoms with Crippen molar-refractivity contribution >= 4 is 23.4 Å². The number of rotatable bonds is 7. The summed E-state index contributed by atoms with van der Waals surface area (Å²) in [5, 5.41) is 6.20. The molecule has 1 N–H and O–H groups in total. The number of likely N-dealkylation sites (N-methyl/N-ethyl adjacent to an activating group) is 1. The lowest BCUT2D eigenvalue weighted by Crippen LogP contribution is -2.42. The number of nitrogens with zero attached hydrogens (tertiary/aromatic N) is 2. The molecule has 1 aromatic heterocycles. The molecule has 0 fully saturated rings. The molecule has 1 aromatic carbocycles. The maximum Gasteiger partial charge on any atom is 0.263 e. The van der Waals surface area contributed by atoms with Crippen molar-refractivity contribution in [3.63, 3.8) is 0 Å². The number of amides is 2. The second-order valence-corrected chi connectivity index (χ2v) is 5.91. The van der Waals surface area contributed by atoms with Gasteiger partial charge in [0.1, 0.15) is 11.5 Å². The fourth-order valence-corrected chi connectivity index (χ4v) is 2.25. The summed E-state index contributed by atoms with van der Waals surface area (Å²) in [7, 11) is 1.50. The Morgan fingerprint density at radius 1 is 1.31 bits per heavy atom. The Morgan fingerprint density at radius 2 is 2.04 bits per heavy atom. The first kappa shape index (κ1) is 19.2. The number of carbonyl (C=O) groups is 3. The molecule has 26 heavy (non-hydrogen) atoms. The van der Waals surface area contributed by atoms with E-state index in [9.17, 15) is 14.4 Å². The third kappa shape index (κ3) is 5.17. The van der Waals surface area contributed by atoms with Crippen LogP contribution in [0.5, 0.6) is 5.75 Å². The van der Waals surface area contributed by atoms with Crippen LogP contribution in [0.3, 0.4) is 0 Å². The van der Waals surface area contributed by atoms with Gasteiger partial charge in [-0.3, -0.25) is 14.4 Å². The number of hydrogen-bond donors (Lipinski definition) is 1. The van der Waals surface area contributed by atoms with Crippen molar-refractivity contribution < 1.29 is 23.6 Å². The van der Waals surface area contributed by atoms with Crippen molar-refractivity contribution in [2.45, 2.75) is 26.9 Å². The highest BCUT2D eigenvalue weighted by molar-refractivity contribution is 5.95. The van der Waals surface area contributed by atoms with Crippen molar-refractivity contribution in [2.75, 3.05) is 18.9 Å². The second-order valence-electron chi connectivity index (χ2n) is 5.91. The molecule has 0 aliphatic heterocycles. The minimum atomic E-state index is -0.815. The molecular formula is C18H21N3O5. The van der Waals surface area contributed by atoms with E-state index in [-0.39, 0.29) is 18.2 Å². The van der Waals surface area contributed by atoms with Gasteiger partial charge in [-0.1, -0.05) is 17.3 Å². The second kappa shape index (κ2) is 8.28. The van der Waals surface area contributed by atoms with Gasteiger partial charge in [-0.2, -0.15) is 0 Å². The summed E-state index contributed by atoms with van der Waals surface area (Å²) in [6.45, 7) is 4.58. The molecule has 0 aliphatic rings. The van der Waals surface area contributed by atoms with Crippen LogP contribution >= 0.6 is 0 Å². The smallest absolute Gasteiger partial charge is 0.263 e. The van der Waals surface area contributed by atoms with E-state index in [2.05, 4.69) is 10.5 Å². The normalized spacial score (nSPS) is 11.5. The molecule has 0 saturated carbocycles. The standard InChI is InChI=1S/C18H21N3O5/c1-11-8-16(20-26-11)19-17(23)10-21(4)18(24)13(3)25-15-7-5-6-14(9-15)12(2)22/h5-9,13H,10H2,1-4H3,(H,19,20,23). The van der Waals surface area contributed by atoms with Gasteiger partial charge in [0.15, 0.2) is 17.7 Å². The van der Waals surface area contributed by atoms with Gasteiger partial charge >= 0.3 is 0 Å². The Labute approximate surface area is 151 Å². The quantitative estimate of drug-likeness (QED) is 0.759. The lowest BCUT2D eigenvalue weighted by atomic mass is 10.1. The molecule has 0 aliphatic carbocycles. The summed E-state index contributed by atoms with van der Waals surface area (Å²) in [5.41, 5.74) is 0.498. The number of anilines is 1. The highest BCUT2D eigenvalue weighted by Crippen LogP contribution is 2.16. The monoisotopic (exact) mass is 359 g/mol. The predicted molar refractivity (Wildman–Crippen MR) is 94.0 cm³/mol. The summed E-state index contributed by atoms with van der Waals surface area (Å²) in [6, 6.07) is 8.17. The zero-order valence-corrected chi connectivity index (χ0v) is 15.1. The lowest BCUT2D eigenvalue weighted by molar-refractivity contribution is -0.139. The lowest BCUT2D eigenvalue weighted by Gasteiger charge is -2.21. The molecular weight excluding hydrogens is 338 g/mol. The first-order chi connectivity index (χ1) is 12.3. The Balaban J connectivity index is 1.91. The van der Waals surface area contributed by atoms with Gasteiger partial charge < -0.3 is 19.5 Å². The third-order valence-corrected chi connectivity index (χ3v) is 3.55. The molecule has 0 bridgehead atoms. The zero-order chi connectivity index (χ0) is 19.3. The molecule has 1 atom stereocenters. The van der Waals surface area contributed by atoms with Crippen LogP contribution in [0, 0.1) is 6.92 Å². The Kier molecular flexibility index (Phi) is 6.11. The SMILES string of the molecule is CC(=O)c1cccc(OC(C)C(=O)N(C)CC(=O)Nc2cc(C)on2)c1. The minimum absolute atomic E-state index is 0.0914. The van der Waals surface area contributed by atoms with E-state index in [0.717, 1.165) is 0 Å². The van der Waals surface area contributed by atoms with Gasteiger partial charge in [-0.05, 0) is 32.9 Å². The van der Waals surface area contributed by atoms with Gasteiger partial charge in [0.25, 0.3) is 5.91 Å². The minimum Gasteiger partial charge on any atom is -0.481 e. The molecule has 0 saturated heterocycles. The van der Waals surface area contributed by atoms with Crippen molar-refractivity contribution in [1.82, 2.24) is 10.1 Å². The van der Waals surface area contributed by atoms with E-state index >= 15 is 0 Å². The van der Waals surface area contributed by atoms with Crippen LogP contribution in [0.4, 0.5) is 5.82 Å². The average Bonchev–Trinajstić information content (AvgIpc) is 2.98. The van der Waals surface area contributed by atoms with Gasteiger partial charge in [-0.25, -0.2) is 0 Å². The Morgan fingerprint density at radius 3 is 2.65 bits per heavy atom. The number of ketones is 1. The molecule has 8 nitrogen and oxygen atoms in total. The number of benzene rings is 1. The molecule has 1 heterocycles. The topological polar surface area (TPSA) is 102 Å². The summed E-state index contributed by atoms with van der Waals surface area (Å²) >= 11 is 0. The van der Waals surface area contributed by atoms with E-state index in [1.807, 2.05) is 0 Å². The molecule has 1 unspecified atom stereocenters. The fourth-order valence-electron chi connectivity index (χ4n) is 2.25. The van der Waals surface area contributed by atoms with Crippen LogP contribution < -0.4 is 10.1 Å². The van der Waals surface area contributed by atoms with Crippen molar-refractivity contribution in [3.05, 3.63) is 41.7 Å². The van der Waals surface area contributed by atoms with Gasteiger partial charge in [0.2, 0.25) is 5.91 Å². The van der Waals surface area contributed by atoms with Crippen LogP contribution in [-0.2, 0) is 9.59 Å².